The van der Waals surface area contributed by atoms with E-state index in [0.29, 0.717) is 5.95 Å². The normalized spacial score (nSPS) is 11.5. The number of imidazole rings is 1. The van der Waals surface area contributed by atoms with Gasteiger partial charge in [-0.1, -0.05) is 26.0 Å². The van der Waals surface area contributed by atoms with Gasteiger partial charge >= 0.3 is 5.97 Å². The van der Waals surface area contributed by atoms with Gasteiger partial charge in [-0.3, -0.25) is 14.9 Å². The molecule has 2 rings (SSSR count). The molecule has 1 heterocycles. The molecule has 6 nitrogen and oxygen atoms in total. The number of carbonyl (C=O) groups excluding carboxylic acids is 1. The van der Waals surface area contributed by atoms with Gasteiger partial charge in [0.1, 0.15) is 0 Å². The van der Waals surface area contributed by atoms with Crippen molar-refractivity contribution in [1.82, 2.24) is 9.97 Å². The predicted molar refractivity (Wildman–Crippen MR) is 75.4 cm³/mol. The molecule has 6 heteroatoms. The van der Waals surface area contributed by atoms with Gasteiger partial charge in [0, 0.05) is 6.42 Å². The summed E-state index contributed by atoms with van der Waals surface area (Å²) in [5.41, 5.74) is 1.02. The minimum Gasteiger partial charge on any atom is -0.481 e. The number of hydrogen-bond donors (Lipinski definition) is 3. The topological polar surface area (TPSA) is 95.1 Å². The summed E-state index contributed by atoms with van der Waals surface area (Å²) >= 11 is 0. The summed E-state index contributed by atoms with van der Waals surface area (Å²) in [6, 6.07) is 7.45. The molecule has 0 atom stereocenters. The monoisotopic (exact) mass is 275 g/mol. The Morgan fingerprint density at radius 1 is 1.30 bits per heavy atom. The van der Waals surface area contributed by atoms with Gasteiger partial charge in [0.15, 0.2) is 0 Å². The quantitative estimate of drug-likeness (QED) is 0.780. The first-order valence-corrected chi connectivity index (χ1v) is 6.32. The molecule has 1 amide bonds. The van der Waals surface area contributed by atoms with E-state index in [2.05, 4.69) is 15.3 Å². The van der Waals surface area contributed by atoms with Crippen molar-refractivity contribution in [3.05, 3.63) is 24.3 Å². The smallest absolute Gasteiger partial charge is 0.303 e. The van der Waals surface area contributed by atoms with Crippen LogP contribution < -0.4 is 5.32 Å². The molecular formula is C14H17N3O3. The molecule has 0 radical (unpaired) electrons. The molecule has 1 aromatic carbocycles. The lowest BCUT2D eigenvalue weighted by Gasteiger charge is -2.20. The first-order valence-electron chi connectivity index (χ1n) is 6.32. The summed E-state index contributed by atoms with van der Waals surface area (Å²) in [6.07, 6.45) is 0.0664. The van der Waals surface area contributed by atoms with Gasteiger partial charge < -0.3 is 10.1 Å². The van der Waals surface area contributed by atoms with E-state index in [-0.39, 0.29) is 18.7 Å². The Bertz CT molecular complexity index is 613. The number of para-hydroxylation sites is 2. The standard InChI is InChI=1S/C14H17N3O3/c1-14(2,8-12(19)20)7-11(18)17-13-15-9-5-3-4-6-10(9)16-13/h3-6H,7-8H2,1-2H3,(H,19,20)(H2,15,16,17,18). The number of amides is 1. The summed E-state index contributed by atoms with van der Waals surface area (Å²) in [7, 11) is 0. The second-order valence-electron chi connectivity index (χ2n) is 5.56. The van der Waals surface area contributed by atoms with E-state index in [4.69, 9.17) is 5.11 Å². The fourth-order valence-electron chi connectivity index (χ4n) is 2.09. The number of nitrogens with one attached hydrogen (secondary N) is 2. The molecule has 106 valence electrons. The maximum absolute atomic E-state index is 11.9. The molecule has 2 aromatic rings. The third kappa shape index (κ3) is 3.57. The van der Waals surface area contributed by atoms with Crippen molar-refractivity contribution in [2.24, 2.45) is 5.41 Å². The third-order valence-corrected chi connectivity index (χ3v) is 2.92. The van der Waals surface area contributed by atoms with Crippen LogP contribution in [0, 0.1) is 5.41 Å². The summed E-state index contributed by atoms with van der Waals surface area (Å²) in [5, 5.41) is 11.5. The van der Waals surface area contributed by atoms with Crippen LogP contribution in [-0.2, 0) is 9.59 Å². The number of rotatable bonds is 5. The molecule has 0 aliphatic carbocycles. The highest BCUT2D eigenvalue weighted by atomic mass is 16.4. The maximum Gasteiger partial charge on any atom is 0.303 e. The number of aromatic amines is 1. The molecule has 0 aliphatic heterocycles. The number of aliphatic carboxylic acids is 1. The number of carbonyl (C=O) groups is 2. The van der Waals surface area contributed by atoms with Crippen molar-refractivity contribution >= 4 is 28.9 Å². The number of fused-ring (bicyclic) bond motifs is 1. The van der Waals surface area contributed by atoms with Gasteiger partial charge in [-0.05, 0) is 17.5 Å². The molecule has 0 unspecified atom stereocenters. The van der Waals surface area contributed by atoms with Crippen molar-refractivity contribution in [1.29, 1.82) is 0 Å². The lowest BCUT2D eigenvalue weighted by Crippen LogP contribution is -2.25. The van der Waals surface area contributed by atoms with Crippen LogP contribution in [0.1, 0.15) is 26.7 Å². The molecule has 20 heavy (non-hydrogen) atoms. The van der Waals surface area contributed by atoms with Crippen LogP contribution in [0.3, 0.4) is 0 Å². The molecular weight excluding hydrogens is 258 g/mol. The fraction of sp³-hybridized carbons (Fsp3) is 0.357. The molecule has 0 aliphatic rings. The number of aromatic nitrogens is 2. The van der Waals surface area contributed by atoms with Crippen LogP contribution in [0.4, 0.5) is 5.95 Å². The molecule has 1 aromatic heterocycles. The van der Waals surface area contributed by atoms with Crippen LogP contribution in [0.15, 0.2) is 24.3 Å². The van der Waals surface area contributed by atoms with Gasteiger partial charge in [-0.25, -0.2) is 4.98 Å². The molecule has 0 saturated heterocycles. The summed E-state index contributed by atoms with van der Waals surface area (Å²) in [5.74, 6) is -0.788. The second-order valence-corrected chi connectivity index (χ2v) is 5.56. The van der Waals surface area contributed by atoms with Gasteiger partial charge in [0.05, 0.1) is 17.5 Å². The summed E-state index contributed by atoms with van der Waals surface area (Å²) in [6.45, 7) is 3.50. The number of hydrogen-bond acceptors (Lipinski definition) is 3. The van der Waals surface area contributed by atoms with Crippen LogP contribution in [0.5, 0.6) is 0 Å². The van der Waals surface area contributed by atoms with Crippen molar-refractivity contribution in [3.63, 3.8) is 0 Å². The Hall–Kier alpha value is -2.37. The average molecular weight is 275 g/mol. The van der Waals surface area contributed by atoms with E-state index >= 15 is 0 Å². The predicted octanol–water partition coefficient (Wildman–Crippen LogP) is 2.39. The molecule has 0 spiro atoms. The van der Waals surface area contributed by atoms with Crippen molar-refractivity contribution < 1.29 is 14.7 Å². The van der Waals surface area contributed by atoms with E-state index in [1.165, 1.54) is 0 Å². The summed E-state index contributed by atoms with van der Waals surface area (Å²) in [4.78, 5) is 29.9. The Morgan fingerprint density at radius 2 is 2.00 bits per heavy atom. The zero-order valence-electron chi connectivity index (χ0n) is 11.4. The minimum atomic E-state index is -0.911. The Morgan fingerprint density at radius 3 is 2.65 bits per heavy atom. The number of H-pyrrole nitrogens is 1. The van der Waals surface area contributed by atoms with Crippen molar-refractivity contribution in [3.8, 4) is 0 Å². The van der Waals surface area contributed by atoms with Crippen molar-refractivity contribution in [2.75, 3.05) is 5.32 Å². The van der Waals surface area contributed by atoms with E-state index in [1.54, 1.807) is 13.8 Å². The van der Waals surface area contributed by atoms with Gasteiger partial charge in [0.2, 0.25) is 11.9 Å². The highest BCUT2D eigenvalue weighted by Crippen LogP contribution is 2.25. The number of carboxylic acids is 1. The molecule has 0 bridgehead atoms. The lowest BCUT2D eigenvalue weighted by molar-refractivity contribution is -0.139. The number of carboxylic acid groups (broad SMARTS) is 1. The first kappa shape index (κ1) is 14.0. The Kier molecular flexibility index (Phi) is 3.74. The fourth-order valence-corrected chi connectivity index (χ4v) is 2.09. The van der Waals surface area contributed by atoms with Crippen LogP contribution in [-0.4, -0.2) is 27.0 Å². The maximum atomic E-state index is 11.9. The van der Waals surface area contributed by atoms with E-state index in [1.807, 2.05) is 24.3 Å². The number of nitrogens with zero attached hydrogens (tertiary/aromatic N) is 1. The van der Waals surface area contributed by atoms with Crippen LogP contribution >= 0.6 is 0 Å². The van der Waals surface area contributed by atoms with Crippen molar-refractivity contribution in [2.45, 2.75) is 26.7 Å². The van der Waals surface area contributed by atoms with Gasteiger partial charge in [-0.2, -0.15) is 0 Å². The first-order chi connectivity index (χ1) is 9.35. The SMILES string of the molecule is CC(C)(CC(=O)O)CC(=O)Nc1nc2ccccc2[nH]1. The molecule has 3 N–H and O–H groups in total. The van der Waals surface area contributed by atoms with E-state index in [9.17, 15) is 9.59 Å². The zero-order chi connectivity index (χ0) is 14.8. The van der Waals surface area contributed by atoms with Gasteiger partial charge in [-0.15, -0.1) is 0 Å². The van der Waals surface area contributed by atoms with Gasteiger partial charge in [0.25, 0.3) is 0 Å². The highest BCUT2D eigenvalue weighted by molar-refractivity contribution is 5.91. The number of anilines is 1. The molecule has 0 saturated carbocycles. The summed E-state index contributed by atoms with van der Waals surface area (Å²) < 4.78 is 0. The Balaban J connectivity index is 2.02. The highest BCUT2D eigenvalue weighted by Gasteiger charge is 2.25. The Labute approximate surface area is 116 Å². The third-order valence-electron chi connectivity index (χ3n) is 2.92. The van der Waals surface area contributed by atoms with E-state index in [0.717, 1.165) is 11.0 Å². The lowest BCUT2D eigenvalue weighted by atomic mass is 9.85. The number of benzene rings is 1. The van der Waals surface area contributed by atoms with Crippen LogP contribution in [0.2, 0.25) is 0 Å². The van der Waals surface area contributed by atoms with E-state index < -0.39 is 11.4 Å². The minimum absolute atomic E-state index is 0.0550. The van der Waals surface area contributed by atoms with Crippen LogP contribution in [0.25, 0.3) is 11.0 Å². The largest absolute Gasteiger partial charge is 0.481 e. The zero-order valence-corrected chi connectivity index (χ0v) is 11.4. The average Bonchev–Trinajstić information content (AvgIpc) is 2.67. The molecule has 0 fully saturated rings. The second kappa shape index (κ2) is 5.32.